The van der Waals surface area contributed by atoms with E-state index in [1.807, 2.05) is 68.5 Å². The SMILES string of the molecule is COc1cc(CCNC(=O)CC(C)C)ccc1OCC=Cc1ccc(Cl)cc1. The fourth-order valence-corrected chi connectivity index (χ4v) is 2.80. The van der Waals surface area contributed by atoms with Crippen LogP contribution in [-0.4, -0.2) is 26.2 Å². The van der Waals surface area contributed by atoms with E-state index in [1.165, 1.54) is 0 Å². The Balaban J connectivity index is 1.84. The van der Waals surface area contributed by atoms with Gasteiger partial charge < -0.3 is 14.8 Å². The number of benzene rings is 2. The highest BCUT2D eigenvalue weighted by Crippen LogP contribution is 2.28. The van der Waals surface area contributed by atoms with Crippen molar-refractivity contribution in [2.75, 3.05) is 20.3 Å². The van der Waals surface area contributed by atoms with Gasteiger partial charge in [-0.15, -0.1) is 0 Å². The van der Waals surface area contributed by atoms with Crippen molar-refractivity contribution in [3.8, 4) is 11.5 Å². The molecular formula is C23H28ClNO3. The molecule has 2 aromatic rings. The Bertz CT molecular complexity index is 785. The number of ether oxygens (including phenoxy) is 2. The van der Waals surface area contributed by atoms with Gasteiger partial charge in [0.05, 0.1) is 7.11 Å². The summed E-state index contributed by atoms with van der Waals surface area (Å²) >= 11 is 5.88. The van der Waals surface area contributed by atoms with E-state index in [1.54, 1.807) is 7.11 Å². The highest BCUT2D eigenvalue weighted by molar-refractivity contribution is 6.30. The molecular weight excluding hydrogens is 374 g/mol. The summed E-state index contributed by atoms with van der Waals surface area (Å²) in [5.41, 5.74) is 2.15. The molecule has 0 atom stereocenters. The van der Waals surface area contributed by atoms with Crippen molar-refractivity contribution < 1.29 is 14.3 Å². The third-order valence-corrected chi connectivity index (χ3v) is 4.32. The minimum atomic E-state index is 0.0920. The Morgan fingerprint density at radius 1 is 1.14 bits per heavy atom. The summed E-state index contributed by atoms with van der Waals surface area (Å²) in [4.78, 5) is 11.7. The minimum absolute atomic E-state index is 0.0920. The fourth-order valence-electron chi connectivity index (χ4n) is 2.67. The summed E-state index contributed by atoms with van der Waals surface area (Å²) < 4.78 is 11.3. The first-order valence-electron chi connectivity index (χ1n) is 9.46. The molecule has 0 saturated heterocycles. The zero-order valence-electron chi connectivity index (χ0n) is 16.7. The average Bonchev–Trinajstić information content (AvgIpc) is 2.66. The number of nitrogens with one attached hydrogen (secondary N) is 1. The number of amides is 1. The van der Waals surface area contributed by atoms with Crippen LogP contribution in [0.3, 0.4) is 0 Å². The van der Waals surface area contributed by atoms with Crippen LogP contribution >= 0.6 is 11.6 Å². The van der Waals surface area contributed by atoms with E-state index in [9.17, 15) is 4.79 Å². The second-order valence-electron chi connectivity index (χ2n) is 6.95. The van der Waals surface area contributed by atoms with Gasteiger partial charge in [-0.25, -0.2) is 0 Å². The lowest BCUT2D eigenvalue weighted by atomic mass is 10.1. The van der Waals surface area contributed by atoms with Gasteiger partial charge in [0.2, 0.25) is 5.91 Å². The second kappa shape index (κ2) is 11.4. The maximum atomic E-state index is 11.7. The molecule has 1 N–H and O–H groups in total. The zero-order chi connectivity index (χ0) is 20.4. The Morgan fingerprint density at radius 2 is 1.89 bits per heavy atom. The van der Waals surface area contributed by atoms with Crippen LogP contribution in [0.4, 0.5) is 0 Å². The smallest absolute Gasteiger partial charge is 0.220 e. The molecule has 28 heavy (non-hydrogen) atoms. The number of rotatable bonds is 10. The van der Waals surface area contributed by atoms with E-state index in [-0.39, 0.29) is 5.91 Å². The highest BCUT2D eigenvalue weighted by atomic mass is 35.5. The van der Waals surface area contributed by atoms with Crippen molar-refractivity contribution in [2.24, 2.45) is 5.92 Å². The predicted molar refractivity (Wildman–Crippen MR) is 115 cm³/mol. The molecule has 0 aliphatic carbocycles. The van der Waals surface area contributed by atoms with Crippen LogP contribution < -0.4 is 14.8 Å². The van der Waals surface area contributed by atoms with E-state index in [2.05, 4.69) is 5.32 Å². The molecule has 0 radical (unpaired) electrons. The van der Waals surface area contributed by atoms with Gasteiger partial charge in [-0.2, -0.15) is 0 Å². The Labute approximate surface area is 172 Å². The lowest BCUT2D eigenvalue weighted by Crippen LogP contribution is -2.26. The van der Waals surface area contributed by atoms with Crippen molar-refractivity contribution in [2.45, 2.75) is 26.7 Å². The van der Waals surface area contributed by atoms with Gasteiger partial charge in [0.1, 0.15) is 6.61 Å². The molecule has 2 aromatic carbocycles. The molecule has 0 aliphatic rings. The van der Waals surface area contributed by atoms with Crippen molar-refractivity contribution in [3.05, 3.63) is 64.7 Å². The predicted octanol–water partition coefficient (Wildman–Crippen LogP) is 5.15. The monoisotopic (exact) mass is 401 g/mol. The first-order valence-corrected chi connectivity index (χ1v) is 9.84. The largest absolute Gasteiger partial charge is 0.493 e. The number of hydrogen-bond acceptors (Lipinski definition) is 3. The molecule has 0 unspecified atom stereocenters. The lowest BCUT2D eigenvalue weighted by Gasteiger charge is -2.12. The number of hydrogen-bond donors (Lipinski definition) is 1. The molecule has 0 aromatic heterocycles. The Hall–Kier alpha value is -2.46. The molecule has 0 saturated carbocycles. The standard InChI is InChI=1S/C23H28ClNO3/c1-17(2)15-23(26)25-13-12-19-8-11-21(22(16-19)27-3)28-14-4-5-18-6-9-20(24)10-7-18/h4-11,16-17H,12-15H2,1-3H3,(H,25,26). The molecule has 150 valence electrons. The Morgan fingerprint density at radius 3 is 2.57 bits per heavy atom. The van der Waals surface area contributed by atoms with Gasteiger partial charge >= 0.3 is 0 Å². The van der Waals surface area contributed by atoms with E-state index >= 15 is 0 Å². The van der Waals surface area contributed by atoms with E-state index in [0.717, 1.165) is 22.6 Å². The van der Waals surface area contributed by atoms with E-state index in [0.29, 0.717) is 37.0 Å². The van der Waals surface area contributed by atoms with Crippen LogP contribution in [0.2, 0.25) is 5.02 Å². The fraction of sp³-hybridized carbons (Fsp3) is 0.348. The number of halogens is 1. The summed E-state index contributed by atoms with van der Waals surface area (Å²) in [6, 6.07) is 13.5. The van der Waals surface area contributed by atoms with Crippen LogP contribution in [0, 0.1) is 5.92 Å². The summed E-state index contributed by atoms with van der Waals surface area (Å²) in [6.07, 6.45) is 5.23. The lowest BCUT2D eigenvalue weighted by molar-refractivity contribution is -0.121. The van der Waals surface area contributed by atoms with Gasteiger partial charge in [0.15, 0.2) is 11.5 Å². The summed E-state index contributed by atoms with van der Waals surface area (Å²) in [6.45, 7) is 5.12. The zero-order valence-corrected chi connectivity index (χ0v) is 17.5. The molecule has 5 heteroatoms. The Kier molecular flexibility index (Phi) is 8.89. The van der Waals surface area contributed by atoms with Gasteiger partial charge in [0, 0.05) is 18.0 Å². The molecule has 0 aliphatic heterocycles. The molecule has 0 bridgehead atoms. The van der Waals surface area contributed by atoms with Crippen LogP contribution in [0.1, 0.15) is 31.4 Å². The molecule has 0 fully saturated rings. The second-order valence-corrected chi connectivity index (χ2v) is 7.38. The summed E-state index contributed by atoms with van der Waals surface area (Å²) in [7, 11) is 1.62. The van der Waals surface area contributed by atoms with Crippen LogP contribution in [0.25, 0.3) is 6.08 Å². The molecule has 1 amide bonds. The first kappa shape index (κ1) is 21.8. The summed E-state index contributed by atoms with van der Waals surface area (Å²) in [5.74, 6) is 1.83. The molecule has 0 heterocycles. The quantitative estimate of drug-likeness (QED) is 0.599. The van der Waals surface area contributed by atoms with E-state index < -0.39 is 0 Å². The van der Waals surface area contributed by atoms with Gasteiger partial charge in [-0.1, -0.05) is 49.7 Å². The highest BCUT2D eigenvalue weighted by Gasteiger charge is 2.07. The molecule has 0 spiro atoms. The number of carbonyl (C=O) groups excluding carboxylic acids is 1. The van der Waals surface area contributed by atoms with E-state index in [4.69, 9.17) is 21.1 Å². The maximum absolute atomic E-state index is 11.7. The van der Waals surface area contributed by atoms with Crippen LogP contribution in [0.5, 0.6) is 11.5 Å². The van der Waals surface area contributed by atoms with Crippen molar-refractivity contribution in [1.29, 1.82) is 0 Å². The van der Waals surface area contributed by atoms with Crippen LogP contribution in [-0.2, 0) is 11.2 Å². The van der Waals surface area contributed by atoms with Gasteiger partial charge in [-0.05, 0) is 53.8 Å². The first-order chi connectivity index (χ1) is 13.5. The van der Waals surface area contributed by atoms with Gasteiger partial charge in [-0.3, -0.25) is 4.79 Å². The number of methoxy groups -OCH3 is 1. The van der Waals surface area contributed by atoms with Crippen molar-refractivity contribution in [1.82, 2.24) is 5.32 Å². The third-order valence-electron chi connectivity index (χ3n) is 4.07. The molecule has 2 rings (SSSR count). The van der Waals surface area contributed by atoms with Crippen molar-refractivity contribution in [3.63, 3.8) is 0 Å². The van der Waals surface area contributed by atoms with Crippen LogP contribution in [0.15, 0.2) is 48.5 Å². The summed E-state index contributed by atoms with van der Waals surface area (Å²) in [5, 5.41) is 3.67. The average molecular weight is 402 g/mol. The third kappa shape index (κ3) is 7.65. The van der Waals surface area contributed by atoms with Gasteiger partial charge in [0.25, 0.3) is 0 Å². The maximum Gasteiger partial charge on any atom is 0.220 e. The topological polar surface area (TPSA) is 47.6 Å². The minimum Gasteiger partial charge on any atom is -0.493 e. The normalized spacial score (nSPS) is 11.0. The molecule has 4 nitrogen and oxygen atoms in total. The van der Waals surface area contributed by atoms with Crippen molar-refractivity contribution >= 4 is 23.6 Å². The number of carbonyl (C=O) groups is 1.